The van der Waals surface area contributed by atoms with Crippen LogP contribution in [0.15, 0.2) is 72.3 Å². The smallest absolute Gasteiger partial charge is 0.301 e. The molecule has 1 aliphatic heterocycles. The van der Waals surface area contributed by atoms with Gasteiger partial charge in [0.1, 0.15) is 17.6 Å². The highest BCUT2D eigenvalue weighted by Gasteiger charge is 2.49. The maximum atomic E-state index is 13.4. The number of anilines is 1. The maximum absolute atomic E-state index is 13.4. The number of carbonyl (C=O) groups is 2. The number of carbonyl (C=O) groups excluding carboxylic acids is 2. The van der Waals surface area contributed by atoms with Crippen molar-refractivity contribution in [3.8, 4) is 5.75 Å². The number of Topliss-reactive ketones (excluding diaryl/α,β-unsaturated/α-hetero) is 1. The normalized spacial score (nSPS) is 17.3. The number of aliphatic hydroxyl groups excluding tert-OH is 1. The molecule has 3 aromatic carbocycles. The standard InChI is InChI=1S/C28H24N2O4S/c1-4-17-11-14-20-22(15-17)35-28(29-20)30-24(19-7-5-6-8-21(19)34-3)23(26(32)27(30)33)25(31)18-12-9-16(2)10-13-18/h5-15,24,31H,4H2,1-3H3/b25-23+. The molecule has 0 spiro atoms. The number of hydrogen-bond donors (Lipinski definition) is 1. The molecule has 7 heteroatoms. The summed E-state index contributed by atoms with van der Waals surface area (Å²) >= 11 is 1.35. The van der Waals surface area contributed by atoms with Crippen LogP contribution >= 0.6 is 11.3 Å². The van der Waals surface area contributed by atoms with Crippen molar-refractivity contribution in [3.63, 3.8) is 0 Å². The number of thiazole rings is 1. The van der Waals surface area contributed by atoms with E-state index in [9.17, 15) is 14.7 Å². The molecule has 1 aliphatic rings. The molecule has 0 bridgehead atoms. The fraction of sp³-hybridized carbons (Fsp3) is 0.179. The molecule has 35 heavy (non-hydrogen) atoms. The van der Waals surface area contributed by atoms with Crippen LogP contribution in [0.3, 0.4) is 0 Å². The van der Waals surface area contributed by atoms with Gasteiger partial charge in [-0.05, 0) is 37.1 Å². The van der Waals surface area contributed by atoms with Gasteiger partial charge in [0.25, 0.3) is 5.78 Å². The first-order valence-electron chi connectivity index (χ1n) is 11.3. The molecule has 1 atom stereocenters. The molecule has 1 N–H and O–H groups in total. The van der Waals surface area contributed by atoms with Crippen molar-refractivity contribution in [2.45, 2.75) is 26.3 Å². The third-order valence-electron chi connectivity index (χ3n) is 6.26. The van der Waals surface area contributed by atoms with Crippen molar-refractivity contribution in [3.05, 3.63) is 94.6 Å². The minimum absolute atomic E-state index is 0.0110. The summed E-state index contributed by atoms with van der Waals surface area (Å²) in [5.74, 6) is -1.21. The number of benzene rings is 3. The Morgan fingerprint density at radius 1 is 1.09 bits per heavy atom. The van der Waals surface area contributed by atoms with Crippen LogP contribution in [0.4, 0.5) is 5.13 Å². The Labute approximate surface area is 207 Å². The first-order valence-corrected chi connectivity index (χ1v) is 12.1. The number of amides is 1. The van der Waals surface area contributed by atoms with Crippen molar-refractivity contribution in [1.82, 2.24) is 4.98 Å². The zero-order valence-electron chi connectivity index (χ0n) is 19.6. The van der Waals surface area contributed by atoms with E-state index in [4.69, 9.17) is 9.72 Å². The highest BCUT2D eigenvalue weighted by molar-refractivity contribution is 7.22. The lowest BCUT2D eigenvalue weighted by Gasteiger charge is -2.24. The molecule has 176 valence electrons. The quantitative estimate of drug-likeness (QED) is 0.220. The van der Waals surface area contributed by atoms with E-state index in [1.165, 1.54) is 23.3 Å². The summed E-state index contributed by atoms with van der Waals surface area (Å²) in [5.41, 5.74) is 4.00. The fourth-order valence-corrected chi connectivity index (χ4v) is 5.42. The number of para-hydroxylation sites is 1. The topological polar surface area (TPSA) is 79.7 Å². The van der Waals surface area contributed by atoms with E-state index in [2.05, 4.69) is 13.0 Å². The second-order valence-corrected chi connectivity index (χ2v) is 9.44. The van der Waals surface area contributed by atoms with Gasteiger partial charge in [-0.25, -0.2) is 4.98 Å². The summed E-state index contributed by atoms with van der Waals surface area (Å²) in [4.78, 5) is 32.9. The van der Waals surface area contributed by atoms with E-state index >= 15 is 0 Å². The van der Waals surface area contributed by atoms with Gasteiger partial charge in [0.2, 0.25) is 0 Å². The summed E-state index contributed by atoms with van der Waals surface area (Å²) in [6, 6.07) is 19.5. The Bertz CT molecular complexity index is 1490. The van der Waals surface area contributed by atoms with Crippen LogP contribution in [-0.4, -0.2) is 28.9 Å². The van der Waals surface area contributed by atoms with Crippen molar-refractivity contribution < 1.29 is 19.4 Å². The van der Waals surface area contributed by atoms with Gasteiger partial charge in [0.15, 0.2) is 5.13 Å². The predicted octanol–water partition coefficient (Wildman–Crippen LogP) is 5.80. The van der Waals surface area contributed by atoms with E-state index < -0.39 is 17.7 Å². The Morgan fingerprint density at radius 3 is 2.54 bits per heavy atom. The number of nitrogens with zero attached hydrogens (tertiary/aromatic N) is 2. The van der Waals surface area contributed by atoms with Gasteiger partial charge >= 0.3 is 5.91 Å². The maximum Gasteiger partial charge on any atom is 0.301 e. The van der Waals surface area contributed by atoms with Gasteiger partial charge in [-0.15, -0.1) is 0 Å². The van der Waals surface area contributed by atoms with Crippen molar-refractivity contribution in [1.29, 1.82) is 0 Å². The molecule has 1 unspecified atom stereocenters. The molecule has 5 rings (SSSR count). The lowest BCUT2D eigenvalue weighted by Crippen LogP contribution is -2.29. The summed E-state index contributed by atoms with van der Waals surface area (Å²) in [5, 5.41) is 11.7. The van der Waals surface area contributed by atoms with Gasteiger partial charge in [0, 0.05) is 11.1 Å². The Hall–Kier alpha value is -3.97. The zero-order chi connectivity index (χ0) is 24.7. The molecule has 1 aromatic heterocycles. The molecular weight excluding hydrogens is 460 g/mol. The second-order valence-electron chi connectivity index (χ2n) is 8.43. The van der Waals surface area contributed by atoms with Gasteiger partial charge in [-0.3, -0.25) is 14.5 Å². The van der Waals surface area contributed by atoms with Gasteiger partial charge < -0.3 is 9.84 Å². The Balaban J connectivity index is 1.74. The highest BCUT2D eigenvalue weighted by atomic mass is 32.1. The molecule has 0 aliphatic carbocycles. The number of ether oxygens (including phenoxy) is 1. The molecule has 4 aromatic rings. The van der Waals surface area contributed by atoms with Crippen LogP contribution in [0, 0.1) is 6.92 Å². The molecule has 1 saturated heterocycles. The first-order chi connectivity index (χ1) is 16.9. The average Bonchev–Trinajstić information content (AvgIpc) is 3.41. The second kappa shape index (κ2) is 9.00. The predicted molar refractivity (Wildman–Crippen MR) is 138 cm³/mol. The number of ketones is 1. The van der Waals surface area contributed by atoms with Crippen LogP contribution in [0.2, 0.25) is 0 Å². The number of rotatable bonds is 5. The minimum Gasteiger partial charge on any atom is -0.507 e. The summed E-state index contributed by atoms with van der Waals surface area (Å²) in [7, 11) is 1.54. The number of methoxy groups -OCH3 is 1. The van der Waals surface area contributed by atoms with Crippen molar-refractivity contribution in [2.24, 2.45) is 0 Å². The third-order valence-corrected chi connectivity index (χ3v) is 7.28. The Morgan fingerprint density at radius 2 is 1.83 bits per heavy atom. The minimum atomic E-state index is -0.890. The lowest BCUT2D eigenvalue weighted by atomic mass is 9.94. The number of aliphatic hydroxyl groups is 1. The van der Waals surface area contributed by atoms with E-state index in [1.807, 2.05) is 43.3 Å². The molecular formula is C28H24N2O4S. The Kier molecular flexibility index (Phi) is 5.86. The van der Waals surface area contributed by atoms with E-state index in [-0.39, 0.29) is 11.3 Å². The molecule has 0 saturated carbocycles. The lowest BCUT2D eigenvalue weighted by molar-refractivity contribution is -0.132. The zero-order valence-corrected chi connectivity index (χ0v) is 20.4. The number of hydrogen-bond acceptors (Lipinski definition) is 6. The van der Waals surface area contributed by atoms with Gasteiger partial charge in [0.05, 0.1) is 22.9 Å². The molecule has 6 nitrogen and oxygen atoms in total. The van der Waals surface area contributed by atoms with Gasteiger partial charge in [-0.1, -0.05) is 72.4 Å². The first kappa shape index (κ1) is 22.8. The van der Waals surface area contributed by atoms with E-state index in [0.717, 1.165) is 27.8 Å². The number of aromatic nitrogens is 1. The van der Waals surface area contributed by atoms with E-state index in [1.54, 1.807) is 24.3 Å². The summed E-state index contributed by atoms with van der Waals surface area (Å²) in [6.07, 6.45) is 0.880. The number of fused-ring (bicyclic) bond motifs is 1. The van der Waals surface area contributed by atoms with Crippen LogP contribution < -0.4 is 9.64 Å². The van der Waals surface area contributed by atoms with Gasteiger partial charge in [-0.2, -0.15) is 0 Å². The summed E-state index contributed by atoms with van der Waals surface area (Å²) in [6.45, 7) is 4.02. The molecule has 0 radical (unpaired) electrons. The van der Waals surface area contributed by atoms with Crippen molar-refractivity contribution >= 4 is 44.1 Å². The highest BCUT2D eigenvalue weighted by Crippen LogP contribution is 2.46. The largest absolute Gasteiger partial charge is 0.507 e. The SMILES string of the molecule is CCc1ccc2nc(N3C(=O)C(=O)/C(=C(/O)c4ccc(C)cc4)C3c3ccccc3OC)sc2c1. The van der Waals surface area contributed by atoms with Crippen LogP contribution in [0.1, 0.15) is 35.2 Å². The third kappa shape index (κ3) is 3.88. The summed E-state index contributed by atoms with van der Waals surface area (Å²) < 4.78 is 6.51. The van der Waals surface area contributed by atoms with Crippen LogP contribution in [0.25, 0.3) is 16.0 Å². The fourth-order valence-electron chi connectivity index (χ4n) is 4.36. The molecule has 1 fully saturated rings. The average molecular weight is 485 g/mol. The van der Waals surface area contributed by atoms with Crippen LogP contribution in [0.5, 0.6) is 5.75 Å². The number of aryl methyl sites for hydroxylation is 2. The molecule has 2 heterocycles. The monoisotopic (exact) mass is 484 g/mol. The van der Waals surface area contributed by atoms with E-state index in [0.29, 0.717) is 22.0 Å². The molecule has 1 amide bonds. The van der Waals surface area contributed by atoms with Crippen molar-refractivity contribution in [2.75, 3.05) is 12.0 Å². The van der Waals surface area contributed by atoms with Crippen LogP contribution in [-0.2, 0) is 16.0 Å².